The fourth-order valence-electron chi connectivity index (χ4n) is 3.68. The predicted octanol–water partition coefficient (Wildman–Crippen LogP) is 5.51. The lowest BCUT2D eigenvalue weighted by Crippen LogP contribution is -2.35. The summed E-state index contributed by atoms with van der Waals surface area (Å²) in [5.41, 5.74) is 1.55. The van der Waals surface area contributed by atoms with Crippen molar-refractivity contribution in [1.29, 1.82) is 0 Å². The van der Waals surface area contributed by atoms with Crippen molar-refractivity contribution < 1.29 is 14.3 Å². The summed E-state index contributed by atoms with van der Waals surface area (Å²) in [6, 6.07) is 15.6. The van der Waals surface area contributed by atoms with Crippen LogP contribution in [0.15, 0.2) is 48.5 Å². The number of carbonyl (C=O) groups is 1. The number of carbonyl (C=O) groups excluding carboxylic acids is 1. The number of para-hydroxylation sites is 1. The first-order chi connectivity index (χ1) is 13.8. The maximum atomic E-state index is 12.8. The van der Waals surface area contributed by atoms with Gasteiger partial charge in [0, 0.05) is 17.2 Å². The molecule has 0 bridgehead atoms. The van der Waals surface area contributed by atoms with E-state index in [2.05, 4.69) is 5.32 Å². The lowest BCUT2D eigenvalue weighted by atomic mass is 9.96. The maximum absolute atomic E-state index is 12.8. The van der Waals surface area contributed by atoms with Crippen LogP contribution in [0.5, 0.6) is 11.5 Å². The number of hydrogen-bond acceptors (Lipinski definition) is 3. The largest absolute Gasteiger partial charge is 0.493 e. The topological polar surface area (TPSA) is 47.6 Å². The Balaban J connectivity index is 1.68. The van der Waals surface area contributed by atoms with E-state index in [0.29, 0.717) is 18.8 Å². The van der Waals surface area contributed by atoms with Crippen LogP contribution < -0.4 is 14.8 Å². The average Bonchev–Trinajstić information content (AvgIpc) is 2.70. The van der Waals surface area contributed by atoms with E-state index < -0.39 is 0 Å². The van der Waals surface area contributed by atoms with Crippen molar-refractivity contribution in [2.45, 2.75) is 64.5 Å². The molecular formula is C24H31NO3. The quantitative estimate of drug-likeness (QED) is 0.688. The first-order valence-corrected chi connectivity index (χ1v) is 10.5. The van der Waals surface area contributed by atoms with Crippen LogP contribution in [-0.2, 0) is 6.61 Å². The Morgan fingerprint density at radius 2 is 1.68 bits per heavy atom. The molecule has 0 aliphatic heterocycles. The van der Waals surface area contributed by atoms with Crippen LogP contribution in [0.4, 0.5) is 0 Å². The monoisotopic (exact) mass is 381 g/mol. The SMILES string of the molecule is CCOc1ccc(C(=O)NC2CCCCCCC2)cc1COc1ccccc1. The number of benzene rings is 2. The Morgan fingerprint density at radius 3 is 2.39 bits per heavy atom. The third-order valence-corrected chi connectivity index (χ3v) is 5.20. The van der Waals surface area contributed by atoms with Gasteiger partial charge in [0.1, 0.15) is 18.1 Å². The standard InChI is InChI=1S/C24H31NO3/c1-2-27-23-16-15-19(17-20(23)18-28-22-13-9-6-10-14-22)24(26)25-21-11-7-4-3-5-8-12-21/h6,9-10,13-17,21H,2-5,7-8,11-12,18H2,1H3,(H,25,26). The van der Waals surface area contributed by atoms with E-state index in [4.69, 9.17) is 9.47 Å². The van der Waals surface area contributed by atoms with Crippen molar-refractivity contribution in [2.75, 3.05) is 6.61 Å². The second-order valence-electron chi connectivity index (χ2n) is 7.37. The second kappa shape index (κ2) is 10.7. The molecule has 0 unspecified atom stereocenters. The van der Waals surface area contributed by atoms with Crippen LogP contribution in [-0.4, -0.2) is 18.6 Å². The van der Waals surface area contributed by atoms with Crippen LogP contribution >= 0.6 is 0 Å². The van der Waals surface area contributed by atoms with Gasteiger partial charge in [-0.1, -0.05) is 50.3 Å². The van der Waals surface area contributed by atoms with E-state index in [-0.39, 0.29) is 11.9 Å². The molecule has 28 heavy (non-hydrogen) atoms. The second-order valence-corrected chi connectivity index (χ2v) is 7.37. The van der Waals surface area contributed by atoms with Crippen molar-refractivity contribution in [3.05, 3.63) is 59.7 Å². The number of nitrogens with one attached hydrogen (secondary N) is 1. The molecule has 1 aliphatic rings. The van der Waals surface area contributed by atoms with Gasteiger partial charge in [-0.2, -0.15) is 0 Å². The van der Waals surface area contributed by atoms with Gasteiger partial charge < -0.3 is 14.8 Å². The van der Waals surface area contributed by atoms with Gasteiger partial charge in [-0.15, -0.1) is 0 Å². The highest BCUT2D eigenvalue weighted by atomic mass is 16.5. The summed E-state index contributed by atoms with van der Waals surface area (Å²) < 4.78 is 11.6. The van der Waals surface area contributed by atoms with E-state index in [1.165, 1.54) is 32.1 Å². The van der Waals surface area contributed by atoms with Crippen molar-refractivity contribution in [3.8, 4) is 11.5 Å². The zero-order valence-electron chi connectivity index (χ0n) is 16.8. The Labute approximate surface area is 168 Å². The van der Waals surface area contributed by atoms with E-state index in [9.17, 15) is 4.79 Å². The molecule has 1 N–H and O–H groups in total. The summed E-state index contributed by atoms with van der Waals surface area (Å²) in [4.78, 5) is 12.8. The van der Waals surface area contributed by atoms with E-state index in [0.717, 1.165) is 29.9 Å². The molecular weight excluding hydrogens is 350 g/mol. The lowest BCUT2D eigenvalue weighted by Gasteiger charge is -2.21. The maximum Gasteiger partial charge on any atom is 0.251 e. The van der Waals surface area contributed by atoms with Crippen molar-refractivity contribution in [3.63, 3.8) is 0 Å². The molecule has 0 heterocycles. The van der Waals surface area contributed by atoms with Crippen LogP contribution in [0.25, 0.3) is 0 Å². The highest BCUT2D eigenvalue weighted by Crippen LogP contribution is 2.23. The molecule has 0 saturated heterocycles. The number of hydrogen-bond donors (Lipinski definition) is 1. The predicted molar refractivity (Wildman–Crippen MR) is 112 cm³/mol. The molecule has 0 atom stereocenters. The summed E-state index contributed by atoms with van der Waals surface area (Å²) in [6.45, 7) is 2.90. The summed E-state index contributed by atoms with van der Waals surface area (Å²) in [7, 11) is 0. The highest BCUT2D eigenvalue weighted by molar-refractivity contribution is 5.94. The zero-order chi connectivity index (χ0) is 19.6. The molecule has 1 saturated carbocycles. The minimum atomic E-state index is -0.00502. The van der Waals surface area contributed by atoms with Gasteiger partial charge in [-0.3, -0.25) is 4.79 Å². The van der Waals surface area contributed by atoms with Gasteiger partial charge in [0.2, 0.25) is 0 Å². The van der Waals surface area contributed by atoms with E-state index >= 15 is 0 Å². The summed E-state index contributed by atoms with van der Waals surface area (Å²) in [5.74, 6) is 1.56. The molecule has 1 fully saturated rings. The third-order valence-electron chi connectivity index (χ3n) is 5.20. The van der Waals surface area contributed by atoms with Gasteiger partial charge in [0.25, 0.3) is 5.91 Å². The molecule has 0 aromatic heterocycles. The van der Waals surface area contributed by atoms with Gasteiger partial charge in [0.05, 0.1) is 6.61 Å². The Kier molecular flexibility index (Phi) is 7.77. The molecule has 150 valence electrons. The molecule has 4 nitrogen and oxygen atoms in total. The van der Waals surface area contributed by atoms with Gasteiger partial charge in [0.15, 0.2) is 0 Å². The first-order valence-electron chi connectivity index (χ1n) is 10.5. The minimum Gasteiger partial charge on any atom is -0.493 e. The Bertz CT molecular complexity index is 737. The molecule has 0 spiro atoms. The summed E-state index contributed by atoms with van der Waals surface area (Å²) in [6.07, 6.45) is 8.42. The number of amides is 1. The first kappa shape index (κ1) is 20.2. The summed E-state index contributed by atoms with van der Waals surface area (Å²) in [5, 5.41) is 3.23. The fraction of sp³-hybridized carbons (Fsp3) is 0.458. The van der Waals surface area contributed by atoms with E-state index in [1.807, 2.05) is 55.5 Å². The molecule has 0 radical (unpaired) electrons. The lowest BCUT2D eigenvalue weighted by molar-refractivity contribution is 0.0930. The van der Waals surface area contributed by atoms with Crippen LogP contribution in [0.1, 0.15) is 67.8 Å². The van der Waals surface area contributed by atoms with Crippen LogP contribution in [0.2, 0.25) is 0 Å². The zero-order valence-corrected chi connectivity index (χ0v) is 16.8. The molecule has 3 rings (SSSR count). The Morgan fingerprint density at radius 1 is 0.964 bits per heavy atom. The molecule has 2 aromatic rings. The van der Waals surface area contributed by atoms with Crippen molar-refractivity contribution in [2.24, 2.45) is 0 Å². The van der Waals surface area contributed by atoms with Gasteiger partial charge in [-0.25, -0.2) is 0 Å². The van der Waals surface area contributed by atoms with Crippen LogP contribution in [0, 0.1) is 0 Å². The van der Waals surface area contributed by atoms with Gasteiger partial charge >= 0.3 is 0 Å². The smallest absolute Gasteiger partial charge is 0.251 e. The van der Waals surface area contributed by atoms with Crippen LogP contribution in [0.3, 0.4) is 0 Å². The number of rotatable bonds is 7. The van der Waals surface area contributed by atoms with Crippen molar-refractivity contribution in [1.82, 2.24) is 5.32 Å². The summed E-state index contributed by atoms with van der Waals surface area (Å²) >= 11 is 0. The normalized spacial score (nSPS) is 15.3. The third kappa shape index (κ3) is 6.01. The minimum absolute atomic E-state index is 0.00502. The molecule has 1 amide bonds. The number of ether oxygens (including phenoxy) is 2. The average molecular weight is 382 g/mol. The molecule has 1 aliphatic carbocycles. The molecule has 4 heteroatoms. The molecule has 2 aromatic carbocycles. The Hall–Kier alpha value is -2.49. The highest BCUT2D eigenvalue weighted by Gasteiger charge is 2.17. The van der Waals surface area contributed by atoms with E-state index in [1.54, 1.807) is 0 Å². The van der Waals surface area contributed by atoms with Crippen molar-refractivity contribution >= 4 is 5.91 Å². The van der Waals surface area contributed by atoms with Gasteiger partial charge in [-0.05, 0) is 50.1 Å². The fourth-order valence-corrected chi connectivity index (χ4v) is 3.68.